The van der Waals surface area contributed by atoms with Crippen molar-refractivity contribution in [3.8, 4) is 11.5 Å². The number of phenols is 2. The predicted molar refractivity (Wildman–Crippen MR) is 85.8 cm³/mol. The molecule has 2 rings (SSSR count). The number of aromatic hydroxyl groups is 2. The van der Waals surface area contributed by atoms with Crippen molar-refractivity contribution in [3.05, 3.63) is 20.6 Å². The van der Waals surface area contributed by atoms with Crippen LogP contribution < -0.4 is 5.43 Å². The average Bonchev–Trinajstić information content (AvgIpc) is 2.88. The maximum Gasteiger partial charge on any atom is 0.245 e. The minimum atomic E-state index is -0.924. The molecule has 1 aliphatic rings. The van der Waals surface area contributed by atoms with E-state index in [1.54, 1.807) is 6.92 Å². The Morgan fingerprint density at radius 2 is 2.05 bits per heavy atom. The highest BCUT2D eigenvalue weighted by molar-refractivity contribution is 9.11. The number of hydrazone groups is 1. The van der Waals surface area contributed by atoms with Gasteiger partial charge in [0.05, 0.1) is 30.3 Å². The molecule has 0 unspecified atom stereocenters. The van der Waals surface area contributed by atoms with Gasteiger partial charge in [-0.1, -0.05) is 0 Å². The number of nitrogens with zero attached hydrogens (tertiary/aromatic N) is 1. The first-order valence-electron chi connectivity index (χ1n) is 6.32. The predicted octanol–water partition coefficient (Wildman–Crippen LogP) is 2.23. The third-order valence-electron chi connectivity index (χ3n) is 2.97. The van der Waals surface area contributed by atoms with E-state index in [0.29, 0.717) is 23.2 Å². The van der Waals surface area contributed by atoms with Gasteiger partial charge in [0.1, 0.15) is 16.0 Å². The van der Waals surface area contributed by atoms with E-state index in [2.05, 4.69) is 42.4 Å². The first-order valence-corrected chi connectivity index (χ1v) is 7.91. The van der Waals surface area contributed by atoms with Gasteiger partial charge in [-0.05, 0) is 44.8 Å². The Kier molecular flexibility index (Phi) is 5.43. The Labute approximate surface area is 143 Å². The van der Waals surface area contributed by atoms with Crippen molar-refractivity contribution in [1.82, 2.24) is 5.43 Å². The molecule has 0 aliphatic carbocycles. The summed E-state index contributed by atoms with van der Waals surface area (Å²) in [6.07, 6.45) is 1.28. The van der Waals surface area contributed by atoms with Crippen LogP contribution in [0, 0.1) is 0 Å². The number of rotatable bonds is 4. The zero-order chi connectivity index (χ0) is 16.3. The molecule has 0 atom stereocenters. The fourth-order valence-corrected chi connectivity index (χ4v) is 3.03. The zero-order valence-electron chi connectivity index (χ0n) is 11.6. The van der Waals surface area contributed by atoms with E-state index in [1.165, 1.54) is 12.3 Å². The Morgan fingerprint density at radius 3 is 2.68 bits per heavy atom. The van der Waals surface area contributed by atoms with Gasteiger partial charge in [0.25, 0.3) is 0 Å². The van der Waals surface area contributed by atoms with Crippen LogP contribution in [0.2, 0.25) is 0 Å². The molecule has 9 heteroatoms. The van der Waals surface area contributed by atoms with Crippen LogP contribution >= 0.6 is 31.9 Å². The van der Waals surface area contributed by atoms with E-state index < -0.39 is 5.79 Å². The molecule has 1 aromatic carbocycles. The summed E-state index contributed by atoms with van der Waals surface area (Å²) in [4.78, 5) is 11.8. The standard InChI is InChI=1S/C13H14Br2N2O5/c1-13(21-2-3-22-13)5-9(18)17-16-6-7-4-8(14)12(20)10(15)11(7)19/h4,6,19-20H,2-3,5H2,1H3,(H,17,18)/b16-6+. The van der Waals surface area contributed by atoms with Crippen LogP contribution in [0.3, 0.4) is 0 Å². The number of hydrogen-bond acceptors (Lipinski definition) is 6. The molecule has 1 fully saturated rings. The van der Waals surface area contributed by atoms with Crippen molar-refractivity contribution in [1.29, 1.82) is 0 Å². The number of carbonyl (C=O) groups excluding carboxylic acids is 1. The number of halogens is 2. The number of phenolic OH excluding ortho intramolecular Hbond substituents is 2. The van der Waals surface area contributed by atoms with Gasteiger partial charge >= 0.3 is 0 Å². The van der Waals surface area contributed by atoms with Crippen LogP contribution in [0.4, 0.5) is 0 Å². The molecule has 22 heavy (non-hydrogen) atoms. The number of hydrogen-bond donors (Lipinski definition) is 3. The molecule has 1 heterocycles. The van der Waals surface area contributed by atoms with Gasteiger partial charge in [0.2, 0.25) is 5.91 Å². The van der Waals surface area contributed by atoms with Gasteiger partial charge in [-0.2, -0.15) is 5.10 Å². The Bertz CT molecular complexity index is 615. The quantitative estimate of drug-likeness (QED) is 0.495. The van der Waals surface area contributed by atoms with Crippen LogP contribution in [0.15, 0.2) is 20.1 Å². The molecule has 1 aliphatic heterocycles. The topological polar surface area (TPSA) is 100 Å². The van der Waals surface area contributed by atoms with Crippen LogP contribution in [-0.4, -0.2) is 41.3 Å². The summed E-state index contributed by atoms with van der Waals surface area (Å²) >= 11 is 6.20. The highest BCUT2D eigenvalue weighted by Gasteiger charge is 2.33. The van der Waals surface area contributed by atoms with Crippen LogP contribution in [0.1, 0.15) is 18.9 Å². The molecule has 1 saturated heterocycles. The second-order valence-electron chi connectivity index (χ2n) is 4.76. The molecule has 120 valence electrons. The van der Waals surface area contributed by atoms with E-state index in [-0.39, 0.29) is 28.3 Å². The molecule has 0 saturated carbocycles. The highest BCUT2D eigenvalue weighted by Crippen LogP contribution is 2.40. The lowest BCUT2D eigenvalue weighted by atomic mass is 10.2. The Balaban J connectivity index is 1.99. The number of benzene rings is 1. The second-order valence-corrected chi connectivity index (χ2v) is 6.41. The summed E-state index contributed by atoms with van der Waals surface area (Å²) in [6.45, 7) is 2.59. The fourth-order valence-electron chi connectivity index (χ4n) is 1.88. The monoisotopic (exact) mass is 436 g/mol. The average molecular weight is 438 g/mol. The van der Waals surface area contributed by atoms with E-state index in [1.807, 2.05) is 0 Å². The van der Waals surface area contributed by atoms with Crippen molar-refractivity contribution in [2.24, 2.45) is 5.10 Å². The van der Waals surface area contributed by atoms with E-state index >= 15 is 0 Å². The molecular weight excluding hydrogens is 424 g/mol. The molecule has 1 aromatic rings. The van der Waals surface area contributed by atoms with E-state index in [4.69, 9.17) is 9.47 Å². The maximum atomic E-state index is 11.8. The first-order chi connectivity index (χ1) is 10.3. The van der Waals surface area contributed by atoms with E-state index in [9.17, 15) is 15.0 Å². The number of amides is 1. The molecule has 7 nitrogen and oxygen atoms in total. The second kappa shape index (κ2) is 6.95. The van der Waals surface area contributed by atoms with E-state index in [0.717, 1.165) is 0 Å². The first kappa shape index (κ1) is 17.2. The largest absolute Gasteiger partial charge is 0.506 e. The molecule has 0 radical (unpaired) electrons. The number of ether oxygens (including phenoxy) is 2. The van der Waals surface area contributed by atoms with Crippen molar-refractivity contribution in [2.75, 3.05) is 13.2 Å². The summed E-state index contributed by atoms with van der Waals surface area (Å²) < 4.78 is 11.2. The van der Waals surface area contributed by atoms with Gasteiger partial charge < -0.3 is 19.7 Å². The van der Waals surface area contributed by atoms with Gasteiger partial charge in [-0.3, -0.25) is 4.79 Å². The molecular formula is C13H14Br2N2O5. The minimum Gasteiger partial charge on any atom is -0.506 e. The molecule has 0 bridgehead atoms. The number of nitrogens with one attached hydrogen (secondary N) is 1. The smallest absolute Gasteiger partial charge is 0.245 e. The lowest BCUT2D eigenvalue weighted by Crippen LogP contribution is -2.33. The summed E-state index contributed by atoms with van der Waals surface area (Å²) in [6, 6.07) is 1.47. The lowest BCUT2D eigenvalue weighted by Gasteiger charge is -2.20. The Hall–Kier alpha value is -1.16. The summed E-state index contributed by atoms with van der Waals surface area (Å²) in [5.41, 5.74) is 2.65. The zero-order valence-corrected chi connectivity index (χ0v) is 14.8. The molecule has 1 amide bonds. The van der Waals surface area contributed by atoms with Crippen molar-refractivity contribution in [3.63, 3.8) is 0 Å². The van der Waals surface area contributed by atoms with Crippen LogP contribution in [0.25, 0.3) is 0 Å². The lowest BCUT2D eigenvalue weighted by molar-refractivity contribution is -0.159. The maximum absolute atomic E-state index is 11.8. The third kappa shape index (κ3) is 3.97. The SMILES string of the molecule is CC1(CC(=O)N/N=C/c2cc(Br)c(O)c(Br)c2O)OCCO1. The van der Waals surface area contributed by atoms with Crippen LogP contribution in [-0.2, 0) is 14.3 Å². The minimum absolute atomic E-state index is 0.0132. The summed E-state index contributed by atoms with van der Waals surface area (Å²) in [7, 11) is 0. The highest BCUT2D eigenvalue weighted by atomic mass is 79.9. The van der Waals surface area contributed by atoms with Gasteiger partial charge in [0, 0.05) is 5.56 Å². The Morgan fingerprint density at radius 1 is 1.41 bits per heavy atom. The fraction of sp³-hybridized carbons (Fsp3) is 0.385. The third-order valence-corrected chi connectivity index (χ3v) is 4.33. The van der Waals surface area contributed by atoms with Crippen molar-refractivity contribution >= 4 is 44.0 Å². The molecule has 0 spiro atoms. The van der Waals surface area contributed by atoms with Gasteiger partial charge in [0.15, 0.2) is 5.79 Å². The molecule has 0 aromatic heterocycles. The summed E-state index contributed by atoms with van der Waals surface area (Å²) in [5, 5.41) is 23.3. The van der Waals surface area contributed by atoms with Gasteiger partial charge in [-0.15, -0.1) is 0 Å². The normalized spacial score (nSPS) is 17.0. The summed E-state index contributed by atoms with van der Waals surface area (Å²) in [5.74, 6) is -1.61. The van der Waals surface area contributed by atoms with Crippen LogP contribution in [0.5, 0.6) is 11.5 Å². The van der Waals surface area contributed by atoms with Crippen molar-refractivity contribution in [2.45, 2.75) is 19.1 Å². The van der Waals surface area contributed by atoms with Gasteiger partial charge in [-0.25, -0.2) is 5.43 Å². The number of carbonyl (C=O) groups is 1. The molecule has 3 N–H and O–H groups in total. The van der Waals surface area contributed by atoms with Crippen molar-refractivity contribution < 1.29 is 24.5 Å².